The van der Waals surface area contributed by atoms with Crippen LogP contribution in [0.15, 0.2) is 36.4 Å². The largest absolute Gasteiger partial charge is 0.497 e. The highest BCUT2D eigenvalue weighted by Crippen LogP contribution is 2.30. The number of nitrogens with one attached hydrogen (secondary N) is 1. The predicted molar refractivity (Wildman–Crippen MR) is 83.0 cm³/mol. The van der Waals surface area contributed by atoms with E-state index in [9.17, 15) is 4.39 Å². The molecule has 0 aromatic heterocycles. The molecule has 1 N–H and O–H groups in total. The summed E-state index contributed by atoms with van der Waals surface area (Å²) in [5.74, 6) is 0.787. The molecule has 2 rings (SSSR count). The fourth-order valence-electron chi connectivity index (χ4n) is 2.07. The summed E-state index contributed by atoms with van der Waals surface area (Å²) in [5, 5.41) is 3.71. The Labute approximate surface area is 128 Å². The van der Waals surface area contributed by atoms with Crippen LogP contribution in [0.1, 0.15) is 18.5 Å². The van der Waals surface area contributed by atoms with Gasteiger partial charge in [0.05, 0.1) is 25.3 Å². The molecular formula is C16H17ClFNO2. The second-order valence-corrected chi connectivity index (χ2v) is 5.01. The van der Waals surface area contributed by atoms with Gasteiger partial charge < -0.3 is 14.8 Å². The van der Waals surface area contributed by atoms with Crippen molar-refractivity contribution < 1.29 is 13.9 Å². The van der Waals surface area contributed by atoms with Crippen molar-refractivity contribution in [1.82, 2.24) is 0 Å². The third-order valence-electron chi connectivity index (χ3n) is 3.21. The number of methoxy groups -OCH3 is 2. The van der Waals surface area contributed by atoms with Crippen molar-refractivity contribution in [3.8, 4) is 11.5 Å². The smallest absolute Gasteiger partial charge is 0.137 e. The minimum absolute atomic E-state index is 0.208. The summed E-state index contributed by atoms with van der Waals surface area (Å²) in [6.07, 6.45) is 0. The van der Waals surface area contributed by atoms with Gasteiger partial charge >= 0.3 is 0 Å². The SMILES string of the molecule is COc1ccc(C(C)Nc2ccc(OC)c(Cl)c2)c(F)c1. The van der Waals surface area contributed by atoms with Gasteiger partial charge in [0.2, 0.25) is 0 Å². The molecule has 112 valence electrons. The minimum Gasteiger partial charge on any atom is -0.497 e. The first-order chi connectivity index (χ1) is 10.0. The zero-order valence-electron chi connectivity index (χ0n) is 12.1. The van der Waals surface area contributed by atoms with Crippen LogP contribution in [0.4, 0.5) is 10.1 Å². The predicted octanol–water partition coefficient (Wildman–Crippen LogP) is 4.67. The Bertz CT molecular complexity index is 634. The lowest BCUT2D eigenvalue weighted by Gasteiger charge is -2.17. The molecule has 0 radical (unpaired) electrons. The lowest BCUT2D eigenvalue weighted by Crippen LogP contribution is -2.08. The number of hydrogen-bond acceptors (Lipinski definition) is 3. The maximum absolute atomic E-state index is 14.0. The lowest BCUT2D eigenvalue weighted by atomic mass is 10.1. The molecule has 0 aliphatic rings. The van der Waals surface area contributed by atoms with Crippen molar-refractivity contribution >= 4 is 17.3 Å². The summed E-state index contributed by atoms with van der Waals surface area (Å²) in [7, 11) is 3.07. The van der Waals surface area contributed by atoms with Gasteiger partial charge in [-0.3, -0.25) is 0 Å². The van der Waals surface area contributed by atoms with Gasteiger partial charge in [0, 0.05) is 17.3 Å². The molecule has 0 aliphatic carbocycles. The van der Waals surface area contributed by atoms with E-state index in [1.54, 1.807) is 31.4 Å². The van der Waals surface area contributed by atoms with Crippen LogP contribution in [0.3, 0.4) is 0 Å². The normalized spacial score (nSPS) is 11.9. The Kier molecular flexibility index (Phi) is 4.91. The Morgan fingerprint density at radius 3 is 2.43 bits per heavy atom. The van der Waals surface area contributed by atoms with E-state index >= 15 is 0 Å². The zero-order valence-corrected chi connectivity index (χ0v) is 12.9. The summed E-state index contributed by atoms with van der Waals surface area (Å²) in [5.41, 5.74) is 1.35. The molecule has 0 saturated carbocycles. The van der Waals surface area contributed by atoms with Crippen LogP contribution in [0.2, 0.25) is 5.02 Å². The van der Waals surface area contributed by atoms with Crippen molar-refractivity contribution in [3.63, 3.8) is 0 Å². The van der Waals surface area contributed by atoms with Gasteiger partial charge in [-0.15, -0.1) is 0 Å². The van der Waals surface area contributed by atoms with E-state index in [-0.39, 0.29) is 11.9 Å². The molecule has 5 heteroatoms. The first-order valence-corrected chi connectivity index (χ1v) is 6.86. The summed E-state index contributed by atoms with van der Waals surface area (Å²) in [6, 6.07) is 9.95. The van der Waals surface area contributed by atoms with Crippen LogP contribution in [-0.2, 0) is 0 Å². The molecule has 2 aromatic carbocycles. The Balaban J connectivity index is 2.17. The Morgan fingerprint density at radius 2 is 1.86 bits per heavy atom. The standard InChI is InChI=1S/C16H17ClFNO2/c1-10(13-6-5-12(20-2)9-15(13)18)19-11-4-7-16(21-3)14(17)8-11/h4-10,19H,1-3H3. The number of ether oxygens (including phenoxy) is 2. The Morgan fingerprint density at radius 1 is 1.10 bits per heavy atom. The minimum atomic E-state index is -0.311. The molecule has 0 saturated heterocycles. The number of halogens is 2. The highest BCUT2D eigenvalue weighted by Gasteiger charge is 2.12. The topological polar surface area (TPSA) is 30.5 Å². The highest BCUT2D eigenvalue weighted by molar-refractivity contribution is 6.32. The zero-order chi connectivity index (χ0) is 15.4. The van der Waals surface area contributed by atoms with E-state index in [4.69, 9.17) is 21.1 Å². The maximum atomic E-state index is 14.0. The summed E-state index contributed by atoms with van der Waals surface area (Å²) >= 11 is 6.07. The van der Waals surface area contributed by atoms with E-state index in [0.29, 0.717) is 22.1 Å². The number of rotatable bonds is 5. The molecule has 1 atom stereocenters. The molecule has 0 fully saturated rings. The van der Waals surface area contributed by atoms with Crippen LogP contribution >= 0.6 is 11.6 Å². The van der Waals surface area contributed by atoms with Crippen LogP contribution in [-0.4, -0.2) is 14.2 Å². The van der Waals surface area contributed by atoms with Crippen molar-refractivity contribution in [3.05, 3.63) is 52.8 Å². The molecule has 1 unspecified atom stereocenters. The first-order valence-electron chi connectivity index (χ1n) is 6.48. The van der Waals surface area contributed by atoms with E-state index < -0.39 is 0 Å². The van der Waals surface area contributed by atoms with Gasteiger partial charge in [-0.2, -0.15) is 0 Å². The molecule has 0 bridgehead atoms. The van der Waals surface area contributed by atoms with Gasteiger partial charge in [-0.05, 0) is 31.2 Å². The first kappa shape index (κ1) is 15.4. The second-order valence-electron chi connectivity index (χ2n) is 4.60. The van der Waals surface area contributed by atoms with Gasteiger partial charge in [-0.1, -0.05) is 17.7 Å². The van der Waals surface area contributed by atoms with Crippen molar-refractivity contribution in [2.75, 3.05) is 19.5 Å². The van der Waals surface area contributed by atoms with Crippen LogP contribution in [0.25, 0.3) is 0 Å². The van der Waals surface area contributed by atoms with Gasteiger partial charge in [0.15, 0.2) is 0 Å². The Hall–Kier alpha value is -1.94. The quantitative estimate of drug-likeness (QED) is 0.870. The van der Waals surface area contributed by atoms with Gasteiger partial charge in [0.1, 0.15) is 17.3 Å². The average Bonchev–Trinajstić information content (AvgIpc) is 2.47. The van der Waals surface area contributed by atoms with E-state index in [1.807, 2.05) is 13.0 Å². The fraction of sp³-hybridized carbons (Fsp3) is 0.250. The molecule has 21 heavy (non-hydrogen) atoms. The lowest BCUT2D eigenvalue weighted by molar-refractivity contribution is 0.410. The molecule has 0 amide bonds. The number of benzene rings is 2. The van der Waals surface area contributed by atoms with E-state index in [2.05, 4.69) is 5.32 Å². The molecule has 2 aromatic rings. The summed E-state index contributed by atoms with van der Waals surface area (Å²) < 4.78 is 24.1. The van der Waals surface area contributed by atoms with E-state index in [1.165, 1.54) is 13.2 Å². The van der Waals surface area contributed by atoms with Gasteiger partial charge in [0.25, 0.3) is 0 Å². The average molecular weight is 310 g/mol. The van der Waals surface area contributed by atoms with Crippen LogP contribution in [0.5, 0.6) is 11.5 Å². The number of hydrogen-bond donors (Lipinski definition) is 1. The molecule has 3 nitrogen and oxygen atoms in total. The third kappa shape index (κ3) is 3.58. The van der Waals surface area contributed by atoms with Crippen molar-refractivity contribution in [1.29, 1.82) is 0 Å². The fourth-order valence-corrected chi connectivity index (χ4v) is 2.33. The maximum Gasteiger partial charge on any atom is 0.137 e. The summed E-state index contributed by atoms with van der Waals surface area (Å²) in [4.78, 5) is 0. The third-order valence-corrected chi connectivity index (χ3v) is 3.50. The van der Waals surface area contributed by atoms with Crippen molar-refractivity contribution in [2.45, 2.75) is 13.0 Å². The monoisotopic (exact) mass is 309 g/mol. The molecule has 0 heterocycles. The van der Waals surface area contributed by atoms with Gasteiger partial charge in [-0.25, -0.2) is 4.39 Å². The van der Waals surface area contributed by atoms with Crippen LogP contribution in [0, 0.1) is 5.82 Å². The van der Waals surface area contributed by atoms with E-state index in [0.717, 1.165) is 5.69 Å². The van der Waals surface area contributed by atoms with Crippen LogP contribution < -0.4 is 14.8 Å². The van der Waals surface area contributed by atoms with Crippen molar-refractivity contribution in [2.24, 2.45) is 0 Å². The number of anilines is 1. The molecule has 0 aliphatic heterocycles. The highest BCUT2D eigenvalue weighted by atomic mass is 35.5. The summed E-state index contributed by atoms with van der Waals surface area (Å²) in [6.45, 7) is 1.88. The molecule has 0 spiro atoms. The molecular weight excluding hydrogens is 293 g/mol. The second kappa shape index (κ2) is 6.68.